The van der Waals surface area contributed by atoms with E-state index in [0.29, 0.717) is 17.3 Å². The van der Waals surface area contributed by atoms with Crippen molar-refractivity contribution in [3.05, 3.63) is 83.3 Å². The van der Waals surface area contributed by atoms with E-state index in [4.69, 9.17) is 4.42 Å². The minimum absolute atomic E-state index is 0.156. The van der Waals surface area contributed by atoms with Crippen molar-refractivity contribution < 1.29 is 9.21 Å². The molecule has 0 unspecified atom stereocenters. The second-order valence-corrected chi connectivity index (χ2v) is 5.34. The number of benzene rings is 2. The van der Waals surface area contributed by atoms with Crippen LogP contribution in [-0.2, 0) is 0 Å². The predicted molar refractivity (Wildman–Crippen MR) is 91.2 cm³/mol. The molecule has 0 amide bonds. The highest BCUT2D eigenvalue weighted by Gasteiger charge is 2.15. The fourth-order valence-corrected chi connectivity index (χ4v) is 2.35. The van der Waals surface area contributed by atoms with Crippen LogP contribution in [-0.4, -0.2) is 10.8 Å². The predicted octanol–water partition coefficient (Wildman–Crippen LogP) is 4.85. The van der Waals surface area contributed by atoms with Gasteiger partial charge in [-0.25, -0.2) is 4.98 Å². The second kappa shape index (κ2) is 6.44. The van der Waals surface area contributed by atoms with Crippen LogP contribution in [0.1, 0.15) is 27.4 Å². The molecule has 0 aliphatic heterocycles. The van der Waals surface area contributed by atoms with Crippen molar-refractivity contribution in [2.45, 2.75) is 13.8 Å². The summed E-state index contributed by atoms with van der Waals surface area (Å²) in [4.78, 5) is 16.7. The Balaban J connectivity index is 1.86. The molecule has 0 aliphatic rings. The Bertz CT molecular complexity index is 860. The van der Waals surface area contributed by atoms with Crippen molar-refractivity contribution in [2.75, 3.05) is 0 Å². The van der Waals surface area contributed by atoms with Gasteiger partial charge in [-0.3, -0.25) is 4.79 Å². The molecule has 1 aromatic heterocycles. The summed E-state index contributed by atoms with van der Waals surface area (Å²) < 4.78 is 5.63. The fraction of sp³-hybridized carbons (Fsp3) is 0.100. The quantitative estimate of drug-likeness (QED) is 0.511. The van der Waals surface area contributed by atoms with Crippen molar-refractivity contribution in [1.29, 1.82) is 0 Å². The average molecular weight is 303 g/mol. The number of allylic oxidation sites excluding steroid dienone is 1. The lowest BCUT2D eigenvalue weighted by atomic mass is 10.1. The third-order valence-electron chi connectivity index (χ3n) is 3.65. The number of carbonyl (C=O) groups excluding carboxylic acids is 1. The molecule has 0 radical (unpaired) electrons. The van der Waals surface area contributed by atoms with Crippen molar-refractivity contribution in [3.8, 4) is 11.5 Å². The van der Waals surface area contributed by atoms with E-state index in [0.717, 1.165) is 16.7 Å². The van der Waals surface area contributed by atoms with Crippen LogP contribution in [0.3, 0.4) is 0 Å². The van der Waals surface area contributed by atoms with E-state index in [9.17, 15) is 4.79 Å². The van der Waals surface area contributed by atoms with E-state index in [2.05, 4.69) is 4.98 Å². The molecule has 0 aliphatic carbocycles. The van der Waals surface area contributed by atoms with E-state index in [1.54, 1.807) is 13.0 Å². The third kappa shape index (κ3) is 3.29. The lowest BCUT2D eigenvalue weighted by molar-refractivity contribution is 0.104. The zero-order chi connectivity index (χ0) is 16.2. The molecular weight excluding hydrogens is 286 g/mol. The lowest BCUT2D eigenvalue weighted by Crippen LogP contribution is -1.97. The Kier molecular flexibility index (Phi) is 4.20. The number of nitrogens with zero attached hydrogens (tertiary/aromatic N) is 1. The fourth-order valence-electron chi connectivity index (χ4n) is 2.35. The van der Waals surface area contributed by atoms with Crippen molar-refractivity contribution in [1.82, 2.24) is 4.98 Å². The van der Waals surface area contributed by atoms with Gasteiger partial charge in [-0.05, 0) is 43.2 Å². The maximum atomic E-state index is 12.4. The number of hydrogen-bond acceptors (Lipinski definition) is 3. The molecule has 3 nitrogen and oxygen atoms in total. The van der Waals surface area contributed by atoms with Crippen LogP contribution >= 0.6 is 0 Å². The van der Waals surface area contributed by atoms with Crippen molar-refractivity contribution in [3.63, 3.8) is 0 Å². The summed E-state index contributed by atoms with van der Waals surface area (Å²) in [5.41, 5.74) is 3.36. The highest BCUT2D eigenvalue weighted by atomic mass is 16.4. The molecule has 0 N–H and O–H groups in total. The molecule has 0 saturated carbocycles. The van der Waals surface area contributed by atoms with Crippen LogP contribution in [0.4, 0.5) is 0 Å². The van der Waals surface area contributed by atoms with E-state index in [1.807, 2.05) is 67.6 Å². The summed E-state index contributed by atoms with van der Waals surface area (Å²) in [7, 11) is 0. The number of oxazole rings is 1. The van der Waals surface area contributed by atoms with Crippen molar-refractivity contribution >= 4 is 11.9 Å². The minimum Gasteiger partial charge on any atom is -0.441 e. The van der Waals surface area contributed by atoms with E-state index >= 15 is 0 Å². The van der Waals surface area contributed by atoms with Crippen LogP contribution in [0.15, 0.2) is 65.1 Å². The Hall–Kier alpha value is -2.94. The van der Waals surface area contributed by atoms with Gasteiger partial charge in [0.05, 0.1) is 0 Å². The number of aromatic nitrogens is 1. The molecule has 1 heterocycles. The largest absolute Gasteiger partial charge is 0.441 e. The zero-order valence-electron chi connectivity index (χ0n) is 13.1. The minimum atomic E-state index is -0.156. The van der Waals surface area contributed by atoms with E-state index < -0.39 is 0 Å². The van der Waals surface area contributed by atoms with Gasteiger partial charge in [-0.15, -0.1) is 0 Å². The van der Waals surface area contributed by atoms with Gasteiger partial charge in [0.1, 0.15) is 5.76 Å². The Labute approximate surface area is 135 Å². The topological polar surface area (TPSA) is 43.1 Å². The first-order chi connectivity index (χ1) is 11.1. The van der Waals surface area contributed by atoms with E-state index in [-0.39, 0.29) is 5.78 Å². The average Bonchev–Trinajstić information content (AvgIpc) is 2.97. The Morgan fingerprint density at radius 2 is 1.70 bits per heavy atom. The van der Waals surface area contributed by atoms with Crippen LogP contribution in [0, 0.1) is 13.8 Å². The van der Waals surface area contributed by atoms with Crippen LogP contribution < -0.4 is 0 Å². The van der Waals surface area contributed by atoms with Gasteiger partial charge < -0.3 is 4.42 Å². The molecule has 3 rings (SSSR count). The molecule has 0 atom stereocenters. The van der Waals surface area contributed by atoms with Gasteiger partial charge in [0.15, 0.2) is 5.69 Å². The zero-order valence-corrected chi connectivity index (χ0v) is 13.1. The molecule has 23 heavy (non-hydrogen) atoms. The smallest absolute Gasteiger partial charge is 0.226 e. The van der Waals surface area contributed by atoms with Gasteiger partial charge in [-0.2, -0.15) is 0 Å². The van der Waals surface area contributed by atoms with Crippen LogP contribution in [0.5, 0.6) is 0 Å². The second-order valence-electron chi connectivity index (χ2n) is 5.34. The number of aryl methyl sites for hydroxylation is 2. The lowest BCUT2D eigenvalue weighted by Gasteiger charge is -1.97. The van der Waals surface area contributed by atoms with Crippen LogP contribution in [0.25, 0.3) is 17.5 Å². The summed E-state index contributed by atoms with van der Waals surface area (Å²) in [6, 6.07) is 17.5. The summed E-state index contributed by atoms with van der Waals surface area (Å²) in [5, 5.41) is 0. The molecule has 3 heteroatoms. The highest BCUT2D eigenvalue weighted by Crippen LogP contribution is 2.22. The molecule has 0 saturated heterocycles. The molecule has 0 fully saturated rings. The summed E-state index contributed by atoms with van der Waals surface area (Å²) in [5.74, 6) is 0.843. The molecular formula is C20H17NO2. The standard InChI is InChI=1S/C20H17NO2/c1-14-8-6-7-9-16(14)12-13-18(22)19-15(2)23-20(21-19)17-10-4-3-5-11-17/h3-13H,1-2H3. The normalized spacial score (nSPS) is 11.0. The Morgan fingerprint density at radius 1 is 1.00 bits per heavy atom. The van der Waals surface area contributed by atoms with Gasteiger partial charge in [0, 0.05) is 5.56 Å². The monoisotopic (exact) mass is 303 g/mol. The number of hydrogen-bond donors (Lipinski definition) is 0. The van der Waals surface area contributed by atoms with Gasteiger partial charge in [-0.1, -0.05) is 48.5 Å². The van der Waals surface area contributed by atoms with Crippen molar-refractivity contribution in [2.24, 2.45) is 0 Å². The molecule has 0 spiro atoms. The maximum Gasteiger partial charge on any atom is 0.226 e. The molecule has 114 valence electrons. The number of rotatable bonds is 4. The van der Waals surface area contributed by atoms with Gasteiger partial charge in [0.2, 0.25) is 11.7 Å². The van der Waals surface area contributed by atoms with Gasteiger partial charge >= 0.3 is 0 Å². The summed E-state index contributed by atoms with van der Waals surface area (Å²) >= 11 is 0. The summed E-state index contributed by atoms with van der Waals surface area (Å²) in [6.45, 7) is 3.77. The maximum absolute atomic E-state index is 12.4. The van der Waals surface area contributed by atoms with Gasteiger partial charge in [0.25, 0.3) is 0 Å². The first-order valence-corrected chi connectivity index (χ1v) is 7.46. The SMILES string of the molecule is Cc1ccccc1C=CC(=O)c1nc(-c2ccccc2)oc1C. The summed E-state index contributed by atoms with van der Waals surface area (Å²) in [6.07, 6.45) is 3.36. The number of ketones is 1. The molecule has 0 bridgehead atoms. The molecule has 2 aromatic carbocycles. The Morgan fingerprint density at radius 3 is 2.43 bits per heavy atom. The van der Waals surface area contributed by atoms with E-state index in [1.165, 1.54) is 0 Å². The third-order valence-corrected chi connectivity index (χ3v) is 3.65. The molecule has 3 aromatic rings. The number of carbonyl (C=O) groups is 1. The first-order valence-electron chi connectivity index (χ1n) is 7.46. The van der Waals surface area contributed by atoms with Crippen LogP contribution in [0.2, 0.25) is 0 Å². The highest BCUT2D eigenvalue weighted by molar-refractivity contribution is 6.06. The first kappa shape index (κ1) is 15.0.